The third kappa shape index (κ3) is 1.72. The second kappa shape index (κ2) is 4.19. The molecule has 2 N–H and O–H groups in total. The molecule has 1 aromatic heterocycles. The number of pyridine rings is 1. The lowest BCUT2D eigenvalue weighted by Crippen LogP contribution is -2.04. The normalized spacial score (nSPS) is 15.4. The van der Waals surface area contributed by atoms with Gasteiger partial charge in [-0.05, 0) is 31.2 Å². The number of hydrogen-bond donors (Lipinski definition) is 1. The molecule has 1 heterocycles. The van der Waals surface area contributed by atoms with E-state index in [0.29, 0.717) is 11.2 Å². The number of rotatable bonds is 0. The number of nitrogens with two attached hydrogens (primary N) is 1. The minimum Gasteiger partial charge on any atom is -0.398 e. The predicted molar refractivity (Wildman–Crippen MR) is 67.3 cm³/mol. The van der Waals surface area contributed by atoms with Crippen molar-refractivity contribution in [2.45, 2.75) is 32.1 Å². The Bertz CT molecular complexity index is 623. The molecule has 0 fully saturated rings. The molecule has 0 unspecified atom stereocenters. The van der Waals surface area contributed by atoms with Gasteiger partial charge in [-0.25, -0.2) is 8.78 Å². The van der Waals surface area contributed by atoms with Crippen molar-refractivity contribution in [1.29, 1.82) is 0 Å². The SMILES string of the molecule is Nc1c2c(nc3cc(F)cc(F)c13)CCCCC2. The number of nitrogen functional groups attached to an aromatic ring is 1. The fraction of sp³-hybridized carbons (Fsp3) is 0.357. The molecular formula is C14H14F2N2. The van der Waals surface area contributed by atoms with Gasteiger partial charge >= 0.3 is 0 Å². The highest BCUT2D eigenvalue weighted by atomic mass is 19.1. The number of hydrogen-bond acceptors (Lipinski definition) is 2. The Kier molecular flexibility index (Phi) is 2.65. The molecule has 0 aliphatic heterocycles. The van der Waals surface area contributed by atoms with Crippen molar-refractivity contribution >= 4 is 16.6 Å². The summed E-state index contributed by atoms with van der Waals surface area (Å²) in [6, 6.07) is 2.11. The first-order valence-corrected chi connectivity index (χ1v) is 6.23. The molecule has 0 atom stereocenters. The van der Waals surface area contributed by atoms with Crippen LogP contribution in [-0.4, -0.2) is 4.98 Å². The van der Waals surface area contributed by atoms with Gasteiger partial charge in [-0.15, -0.1) is 0 Å². The second-order valence-electron chi connectivity index (χ2n) is 4.79. The third-order valence-corrected chi connectivity index (χ3v) is 3.57. The van der Waals surface area contributed by atoms with E-state index in [-0.39, 0.29) is 5.39 Å². The number of aryl methyl sites for hydroxylation is 1. The molecule has 94 valence electrons. The largest absolute Gasteiger partial charge is 0.398 e. The Morgan fingerprint density at radius 2 is 1.83 bits per heavy atom. The number of aromatic nitrogens is 1. The van der Waals surface area contributed by atoms with E-state index in [1.54, 1.807) is 0 Å². The quantitative estimate of drug-likeness (QED) is 0.726. The van der Waals surface area contributed by atoms with Gasteiger partial charge < -0.3 is 5.73 Å². The fourth-order valence-electron chi connectivity index (χ4n) is 2.69. The molecule has 18 heavy (non-hydrogen) atoms. The highest BCUT2D eigenvalue weighted by Crippen LogP contribution is 2.32. The van der Waals surface area contributed by atoms with Gasteiger partial charge in [0.1, 0.15) is 11.6 Å². The molecule has 0 spiro atoms. The lowest BCUT2D eigenvalue weighted by molar-refractivity contribution is 0.591. The van der Waals surface area contributed by atoms with Crippen molar-refractivity contribution in [3.8, 4) is 0 Å². The van der Waals surface area contributed by atoms with E-state index in [2.05, 4.69) is 4.98 Å². The highest BCUT2D eigenvalue weighted by Gasteiger charge is 2.18. The van der Waals surface area contributed by atoms with E-state index in [0.717, 1.165) is 49.4 Å². The van der Waals surface area contributed by atoms with Crippen LogP contribution in [0.4, 0.5) is 14.5 Å². The molecule has 0 saturated heterocycles. The van der Waals surface area contributed by atoms with Gasteiger partial charge in [-0.3, -0.25) is 4.98 Å². The molecule has 2 aromatic rings. The van der Waals surface area contributed by atoms with E-state index in [1.807, 2.05) is 0 Å². The van der Waals surface area contributed by atoms with Gasteiger partial charge in [0.2, 0.25) is 0 Å². The fourth-order valence-corrected chi connectivity index (χ4v) is 2.69. The van der Waals surface area contributed by atoms with Crippen LogP contribution >= 0.6 is 0 Å². The first-order chi connectivity index (χ1) is 8.66. The zero-order chi connectivity index (χ0) is 12.7. The summed E-state index contributed by atoms with van der Waals surface area (Å²) in [6.45, 7) is 0. The van der Waals surface area contributed by atoms with Crippen LogP contribution in [0.2, 0.25) is 0 Å². The predicted octanol–water partition coefficient (Wildman–Crippen LogP) is 3.36. The Hall–Kier alpha value is -1.71. The van der Waals surface area contributed by atoms with Gasteiger partial charge in [-0.1, -0.05) is 6.42 Å². The standard InChI is InChI=1S/C14H14F2N2/c15-8-6-10(16)13-12(7-8)18-11-5-3-1-2-4-9(11)14(13)17/h6-7H,1-5H2,(H2,17,18). The maximum absolute atomic E-state index is 13.8. The summed E-state index contributed by atoms with van der Waals surface area (Å²) >= 11 is 0. The van der Waals surface area contributed by atoms with Crippen LogP contribution in [0.1, 0.15) is 30.5 Å². The van der Waals surface area contributed by atoms with Crippen molar-refractivity contribution in [2.24, 2.45) is 0 Å². The van der Waals surface area contributed by atoms with Crippen LogP contribution in [0.5, 0.6) is 0 Å². The molecule has 1 aliphatic carbocycles. The van der Waals surface area contributed by atoms with Crippen molar-refractivity contribution in [2.75, 3.05) is 5.73 Å². The van der Waals surface area contributed by atoms with Crippen molar-refractivity contribution in [3.05, 3.63) is 35.0 Å². The number of fused-ring (bicyclic) bond motifs is 2. The minimum atomic E-state index is -0.623. The molecule has 0 radical (unpaired) electrons. The molecule has 0 bridgehead atoms. The van der Waals surface area contributed by atoms with Crippen LogP contribution in [-0.2, 0) is 12.8 Å². The summed E-state index contributed by atoms with van der Waals surface area (Å²) in [5.41, 5.74) is 8.68. The van der Waals surface area contributed by atoms with E-state index in [4.69, 9.17) is 5.73 Å². The first kappa shape index (κ1) is 11.4. The smallest absolute Gasteiger partial charge is 0.137 e. The monoisotopic (exact) mass is 248 g/mol. The molecular weight excluding hydrogens is 234 g/mol. The molecule has 4 heteroatoms. The summed E-state index contributed by atoms with van der Waals surface area (Å²) in [4.78, 5) is 4.40. The Labute approximate surface area is 104 Å². The van der Waals surface area contributed by atoms with E-state index in [9.17, 15) is 8.78 Å². The van der Waals surface area contributed by atoms with Gasteiger partial charge in [0.05, 0.1) is 10.9 Å². The maximum atomic E-state index is 13.8. The maximum Gasteiger partial charge on any atom is 0.137 e. The minimum absolute atomic E-state index is 0.261. The number of benzene rings is 1. The van der Waals surface area contributed by atoms with Crippen LogP contribution in [0.3, 0.4) is 0 Å². The van der Waals surface area contributed by atoms with Gasteiger partial charge in [0, 0.05) is 23.5 Å². The molecule has 0 saturated carbocycles. The number of anilines is 1. The van der Waals surface area contributed by atoms with E-state index >= 15 is 0 Å². The summed E-state index contributed by atoms with van der Waals surface area (Å²) in [5, 5.41) is 0.261. The average molecular weight is 248 g/mol. The Morgan fingerprint density at radius 3 is 2.67 bits per heavy atom. The highest BCUT2D eigenvalue weighted by molar-refractivity contribution is 5.92. The van der Waals surface area contributed by atoms with Crippen LogP contribution in [0.15, 0.2) is 12.1 Å². The lowest BCUT2D eigenvalue weighted by Gasteiger charge is -2.12. The van der Waals surface area contributed by atoms with Gasteiger partial charge in [0.15, 0.2) is 0 Å². The zero-order valence-electron chi connectivity index (χ0n) is 9.97. The van der Waals surface area contributed by atoms with Crippen molar-refractivity contribution in [3.63, 3.8) is 0 Å². The Morgan fingerprint density at radius 1 is 1.06 bits per heavy atom. The summed E-state index contributed by atoms with van der Waals surface area (Å²) in [5.74, 6) is -1.23. The first-order valence-electron chi connectivity index (χ1n) is 6.23. The van der Waals surface area contributed by atoms with Crippen molar-refractivity contribution in [1.82, 2.24) is 4.98 Å². The lowest BCUT2D eigenvalue weighted by atomic mass is 10.0. The second-order valence-corrected chi connectivity index (χ2v) is 4.79. The average Bonchev–Trinajstić information content (AvgIpc) is 2.53. The molecule has 1 aliphatic rings. The molecule has 2 nitrogen and oxygen atoms in total. The van der Waals surface area contributed by atoms with E-state index < -0.39 is 11.6 Å². The zero-order valence-corrected chi connectivity index (χ0v) is 9.97. The van der Waals surface area contributed by atoms with Gasteiger partial charge in [0.25, 0.3) is 0 Å². The summed E-state index contributed by atoms with van der Waals surface area (Å²) < 4.78 is 27.0. The molecule has 3 rings (SSSR count). The number of nitrogens with zero attached hydrogens (tertiary/aromatic N) is 1. The summed E-state index contributed by atoms with van der Waals surface area (Å²) in [6.07, 6.45) is 4.91. The van der Waals surface area contributed by atoms with Crippen molar-refractivity contribution < 1.29 is 8.78 Å². The molecule has 1 aromatic carbocycles. The van der Waals surface area contributed by atoms with E-state index in [1.165, 1.54) is 6.07 Å². The number of halogens is 2. The third-order valence-electron chi connectivity index (χ3n) is 3.57. The van der Waals surface area contributed by atoms with Crippen LogP contribution < -0.4 is 5.73 Å². The van der Waals surface area contributed by atoms with Crippen LogP contribution in [0.25, 0.3) is 10.9 Å². The molecule has 0 amide bonds. The summed E-state index contributed by atoms with van der Waals surface area (Å²) in [7, 11) is 0. The van der Waals surface area contributed by atoms with Crippen LogP contribution in [0, 0.1) is 11.6 Å². The topological polar surface area (TPSA) is 38.9 Å². The Balaban J connectivity index is 2.34. The van der Waals surface area contributed by atoms with Gasteiger partial charge in [-0.2, -0.15) is 0 Å².